The van der Waals surface area contributed by atoms with Crippen LogP contribution in [0.25, 0.3) is 0 Å². The maximum atomic E-state index is 12.1. The number of ether oxygens (including phenoxy) is 1. The standard InChI is InChI=1S/C13H21NO4S2/c1-18-13-6-5-12(9-11(13)10-15)20(16,17)14-7-3-4-8-19-2/h5-6,9,14-15H,3-4,7-8,10H2,1-2H3. The van der Waals surface area contributed by atoms with Crippen LogP contribution in [0.3, 0.4) is 0 Å². The molecular weight excluding hydrogens is 298 g/mol. The zero-order valence-electron chi connectivity index (χ0n) is 11.8. The predicted octanol–water partition coefficient (Wildman–Crippen LogP) is 1.61. The quantitative estimate of drug-likeness (QED) is 0.676. The molecule has 0 saturated carbocycles. The molecule has 7 heteroatoms. The summed E-state index contributed by atoms with van der Waals surface area (Å²) in [5, 5.41) is 9.22. The molecule has 0 aliphatic rings. The van der Waals surface area contributed by atoms with Gasteiger partial charge in [0.1, 0.15) is 5.75 Å². The number of aliphatic hydroxyl groups excluding tert-OH is 1. The first-order valence-corrected chi connectivity index (χ1v) is 9.19. The summed E-state index contributed by atoms with van der Waals surface area (Å²) in [6, 6.07) is 4.46. The number of rotatable bonds is 9. The van der Waals surface area contributed by atoms with Crippen molar-refractivity contribution in [3.63, 3.8) is 0 Å². The number of benzene rings is 1. The van der Waals surface area contributed by atoms with E-state index in [4.69, 9.17) is 4.74 Å². The molecule has 1 rings (SSSR count). The molecule has 1 aromatic rings. The number of nitrogens with one attached hydrogen (secondary N) is 1. The van der Waals surface area contributed by atoms with Crippen molar-refractivity contribution < 1.29 is 18.3 Å². The van der Waals surface area contributed by atoms with Gasteiger partial charge in [-0.25, -0.2) is 13.1 Å². The summed E-state index contributed by atoms with van der Waals surface area (Å²) in [5.41, 5.74) is 0.456. The Morgan fingerprint density at radius 3 is 2.70 bits per heavy atom. The number of hydrogen-bond acceptors (Lipinski definition) is 5. The topological polar surface area (TPSA) is 75.6 Å². The average Bonchev–Trinajstić information content (AvgIpc) is 2.46. The van der Waals surface area contributed by atoms with Gasteiger partial charge in [0.25, 0.3) is 0 Å². The lowest BCUT2D eigenvalue weighted by molar-refractivity contribution is 0.273. The minimum absolute atomic E-state index is 0.146. The number of thioether (sulfide) groups is 1. The zero-order valence-corrected chi connectivity index (χ0v) is 13.4. The van der Waals surface area contributed by atoms with E-state index in [1.54, 1.807) is 17.8 Å². The largest absolute Gasteiger partial charge is 0.496 e. The SMILES string of the molecule is COc1ccc(S(=O)(=O)NCCCCSC)cc1CO. The molecule has 0 spiro atoms. The van der Waals surface area contributed by atoms with Crippen LogP contribution in [0.5, 0.6) is 5.75 Å². The van der Waals surface area contributed by atoms with Gasteiger partial charge in [-0.2, -0.15) is 11.8 Å². The summed E-state index contributed by atoms with van der Waals surface area (Å²) in [6.45, 7) is 0.156. The smallest absolute Gasteiger partial charge is 0.240 e. The molecule has 0 radical (unpaired) electrons. The van der Waals surface area contributed by atoms with Gasteiger partial charge in [0.15, 0.2) is 0 Å². The molecule has 0 heterocycles. The molecule has 114 valence electrons. The Hall–Kier alpha value is -0.760. The Kier molecular flexibility index (Phi) is 7.36. The van der Waals surface area contributed by atoms with Gasteiger partial charge in [0, 0.05) is 12.1 Å². The van der Waals surface area contributed by atoms with Crippen LogP contribution in [-0.2, 0) is 16.6 Å². The van der Waals surface area contributed by atoms with Crippen molar-refractivity contribution in [2.75, 3.05) is 25.7 Å². The Balaban J connectivity index is 2.72. The number of sulfonamides is 1. The van der Waals surface area contributed by atoms with E-state index < -0.39 is 10.0 Å². The second-order valence-electron chi connectivity index (χ2n) is 4.23. The fourth-order valence-electron chi connectivity index (χ4n) is 1.71. The van der Waals surface area contributed by atoms with E-state index in [0.29, 0.717) is 17.9 Å². The third-order valence-electron chi connectivity index (χ3n) is 2.80. The van der Waals surface area contributed by atoms with E-state index in [1.165, 1.54) is 19.2 Å². The highest BCUT2D eigenvalue weighted by Gasteiger charge is 2.15. The Morgan fingerprint density at radius 1 is 1.35 bits per heavy atom. The van der Waals surface area contributed by atoms with Crippen LogP contribution in [0.4, 0.5) is 0 Å². The number of aliphatic hydroxyl groups is 1. The molecule has 0 aliphatic carbocycles. The summed E-state index contributed by atoms with van der Waals surface area (Å²) in [5.74, 6) is 1.50. The van der Waals surface area contributed by atoms with Gasteiger partial charge >= 0.3 is 0 Å². The second-order valence-corrected chi connectivity index (χ2v) is 6.98. The second kappa shape index (κ2) is 8.51. The van der Waals surface area contributed by atoms with Gasteiger partial charge in [-0.1, -0.05) is 0 Å². The molecule has 0 aliphatic heterocycles. The molecule has 0 unspecified atom stereocenters. The Bertz CT molecular complexity index is 517. The van der Waals surface area contributed by atoms with E-state index >= 15 is 0 Å². The van der Waals surface area contributed by atoms with Crippen LogP contribution in [0.2, 0.25) is 0 Å². The van der Waals surface area contributed by atoms with Crippen LogP contribution in [0, 0.1) is 0 Å². The fraction of sp³-hybridized carbons (Fsp3) is 0.538. The molecule has 1 aromatic carbocycles. The van der Waals surface area contributed by atoms with Crippen molar-refractivity contribution in [3.05, 3.63) is 23.8 Å². The lowest BCUT2D eigenvalue weighted by Gasteiger charge is -2.10. The van der Waals surface area contributed by atoms with Crippen molar-refractivity contribution in [1.29, 1.82) is 0 Å². The lowest BCUT2D eigenvalue weighted by Crippen LogP contribution is -2.25. The summed E-state index contributed by atoms with van der Waals surface area (Å²) in [7, 11) is -2.05. The minimum atomic E-state index is -3.53. The van der Waals surface area contributed by atoms with Crippen LogP contribution in [-0.4, -0.2) is 39.2 Å². The van der Waals surface area contributed by atoms with Gasteiger partial charge in [0.05, 0.1) is 18.6 Å². The van der Waals surface area contributed by atoms with Crippen LogP contribution >= 0.6 is 11.8 Å². The van der Waals surface area contributed by atoms with Gasteiger partial charge in [0.2, 0.25) is 10.0 Å². The summed E-state index contributed by atoms with van der Waals surface area (Å²) >= 11 is 1.75. The molecule has 5 nitrogen and oxygen atoms in total. The van der Waals surface area contributed by atoms with Crippen molar-refractivity contribution in [1.82, 2.24) is 4.72 Å². The molecule has 0 fully saturated rings. The third-order valence-corrected chi connectivity index (χ3v) is 4.96. The van der Waals surface area contributed by atoms with Crippen molar-refractivity contribution in [2.45, 2.75) is 24.3 Å². The van der Waals surface area contributed by atoms with Gasteiger partial charge in [-0.15, -0.1) is 0 Å². The summed E-state index contributed by atoms with van der Waals surface area (Å²) < 4.78 is 31.8. The van der Waals surface area contributed by atoms with Crippen molar-refractivity contribution >= 4 is 21.8 Å². The highest BCUT2D eigenvalue weighted by molar-refractivity contribution is 7.98. The first kappa shape index (κ1) is 17.3. The minimum Gasteiger partial charge on any atom is -0.496 e. The van der Waals surface area contributed by atoms with E-state index in [-0.39, 0.29) is 11.5 Å². The van der Waals surface area contributed by atoms with E-state index in [9.17, 15) is 13.5 Å². The monoisotopic (exact) mass is 319 g/mol. The van der Waals surface area contributed by atoms with Gasteiger partial charge in [-0.3, -0.25) is 0 Å². The van der Waals surface area contributed by atoms with Gasteiger partial charge < -0.3 is 9.84 Å². The molecule has 0 aromatic heterocycles. The maximum absolute atomic E-state index is 12.1. The lowest BCUT2D eigenvalue weighted by atomic mass is 10.2. The molecule has 0 atom stereocenters. The molecule has 2 N–H and O–H groups in total. The molecule has 0 amide bonds. The summed E-state index contributed by atoms with van der Waals surface area (Å²) in [6.07, 6.45) is 3.81. The van der Waals surface area contributed by atoms with Crippen molar-refractivity contribution in [3.8, 4) is 5.75 Å². The summed E-state index contributed by atoms with van der Waals surface area (Å²) in [4.78, 5) is 0.146. The highest BCUT2D eigenvalue weighted by atomic mass is 32.2. The molecule has 20 heavy (non-hydrogen) atoms. The maximum Gasteiger partial charge on any atom is 0.240 e. The van der Waals surface area contributed by atoms with E-state index in [1.807, 2.05) is 6.26 Å². The van der Waals surface area contributed by atoms with Crippen LogP contribution in [0.1, 0.15) is 18.4 Å². The van der Waals surface area contributed by atoms with Crippen LogP contribution in [0.15, 0.2) is 23.1 Å². The molecule has 0 bridgehead atoms. The molecular formula is C13H21NO4S2. The van der Waals surface area contributed by atoms with E-state index in [2.05, 4.69) is 4.72 Å². The number of unbranched alkanes of at least 4 members (excludes halogenated alkanes) is 1. The van der Waals surface area contributed by atoms with Crippen molar-refractivity contribution in [2.24, 2.45) is 0 Å². The van der Waals surface area contributed by atoms with E-state index in [0.717, 1.165) is 18.6 Å². The third kappa shape index (κ3) is 4.97. The van der Waals surface area contributed by atoms with Crippen LogP contribution < -0.4 is 9.46 Å². The average molecular weight is 319 g/mol. The fourth-order valence-corrected chi connectivity index (χ4v) is 3.32. The zero-order chi connectivity index (χ0) is 15.0. The number of methoxy groups -OCH3 is 1. The Morgan fingerprint density at radius 2 is 2.10 bits per heavy atom. The highest BCUT2D eigenvalue weighted by Crippen LogP contribution is 2.22. The number of hydrogen-bond donors (Lipinski definition) is 2. The first-order valence-electron chi connectivity index (χ1n) is 6.31. The Labute approximate surface area is 124 Å². The normalized spacial score (nSPS) is 11.6. The first-order chi connectivity index (χ1) is 9.55. The predicted molar refractivity (Wildman–Crippen MR) is 81.7 cm³/mol. The van der Waals surface area contributed by atoms with Gasteiger partial charge in [-0.05, 0) is 43.0 Å². The molecule has 0 saturated heterocycles.